The van der Waals surface area contributed by atoms with Crippen LogP contribution in [0.1, 0.15) is 53.4 Å². The van der Waals surface area contributed by atoms with Crippen molar-refractivity contribution >= 4 is 11.9 Å². The monoisotopic (exact) mass is 287 g/mol. The molecule has 0 aliphatic heterocycles. The molecule has 118 valence electrons. The minimum absolute atomic E-state index is 0.125. The quantitative estimate of drug-likeness (QED) is 0.431. The summed E-state index contributed by atoms with van der Waals surface area (Å²) in [5.74, 6) is -0.299. The van der Waals surface area contributed by atoms with Crippen molar-refractivity contribution in [3.8, 4) is 0 Å². The van der Waals surface area contributed by atoms with E-state index in [1.165, 1.54) is 0 Å². The topological polar surface area (TPSA) is 55.8 Å². The molecule has 0 saturated heterocycles. The van der Waals surface area contributed by atoms with E-state index in [0.717, 1.165) is 25.8 Å². The number of rotatable bonds is 11. The Kier molecular flexibility index (Phi) is 11.1. The second kappa shape index (κ2) is 11.7. The Morgan fingerprint density at radius 3 is 2.10 bits per heavy atom. The van der Waals surface area contributed by atoms with Crippen molar-refractivity contribution in [2.45, 2.75) is 59.4 Å². The number of nitrogens with zero attached hydrogens (tertiary/aromatic N) is 1. The fourth-order valence-electron chi connectivity index (χ4n) is 1.89. The molecule has 0 rings (SSSR count). The number of hydrogen-bond donors (Lipinski definition) is 0. The Morgan fingerprint density at radius 2 is 1.55 bits per heavy atom. The fourth-order valence-corrected chi connectivity index (χ4v) is 1.89. The largest absolute Gasteiger partial charge is 0.466 e. The molecule has 0 aromatic carbocycles. The van der Waals surface area contributed by atoms with Crippen molar-refractivity contribution in [2.24, 2.45) is 0 Å². The Morgan fingerprint density at radius 1 is 0.950 bits per heavy atom. The zero-order chi connectivity index (χ0) is 15.4. The zero-order valence-electron chi connectivity index (χ0n) is 13.3. The molecule has 0 bridgehead atoms. The van der Waals surface area contributed by atoms with Crippen LogP contribution < -0.4 is 0 Å². The minimum Gasteiger partial charge on any atom is -0.466 e. The number of carbonyl (C=O) groups excluding carboxylic acids is 2. The normalized spacial score (nSPS) is 10.9. The maximum atomic E-state index is 11.5. The lowest BCUT2D eigenvalue weighted by Crippen LogP contribution is -2.37. The summed E-state index contributed by atoms with van der Waals surface area (Å²) in [4.78, 5) is 24.8. The Balaban J connectivity index is 3.81. The van der Waals surface area contributed by atoms with Crippen LogP contribution in [-0.2, 0) is 19.1 Å². The maximum absolute atomic E-state index is 11.5. The lowest BCUT2D eigenvalue weighted by Gasteiger charge is -2.25. The van der Waals surface area contributed by atoms with Crippen LogP contribution in [0.25, 0.3) is 0 Å². The first kappa shape index (κ1) is 18.9. The number of hydrogen-bond acceptors (Lipinski definition) is 5. The van der Waals surface area contributed by atoms with E-state index in [0.29, 0.717) is 32.2 Å². The highest BCUT2D eigenvalue weighted by Gasteiger charge is 2.14. The first-order chi connectivity index (χ1) is 9.51. The third-order valence-electron chi connectivity index (χ3n) is 3.00. The molecule has 5 nitrogen and oxygen atoms in total. The second-order valence-corrected chi connectivity index (χ2v) is 4.98. The van der Waals surface area contributed by atoms with Crippen molar-refractivity contribution in [1.29, 1.82) is 0 Å². The average molecular weight is 287 g/mol. The number of ether oxygens (including phenoxy) is 2. The van der Waals surface area contributed by atoms with E-state index >= 15 is 0 Å². The number of carbonyl (C=O) groups is 2. The standard InChI is InChI=1S/C15H29NO4/c1-5-19-14(17)10-8-7-9-11-16(13(3)4)12-15(18)20-6-2/h13H,5-12H2,1-4H3. The van der Waals surface area contributed by atoms with Gasteiger partial charge in [0.25, 0.3) is 0 Å². The van der Waals surface area contributed by atoms with E-state index in [9.17, 15) is 9.59 Å². The van der Waals surface area contributed by atoms with Crippen LogP contribution in [0, 0.1) is 0 Å². The first-order valence-electron chi connectivity index (χ1n) is 7.56. The summed E-state index contributed by atoms with van der Waals surface area (Å²) in [6.45, 7) is 9.81. The van der Waals surface area contributed by atoms with Gasteiger partial charge in [-0.2, -0.15) is 0 Å². The third-order valence-corrected chi connectivity index (χ3v) is 3.00. The van der Waals surface area contributed by atoms with Crippen molar-refractivity contribution in [2.75, 3.05) is 26.3 Å². The fraction of sp³-hybridized carbons (Fsp3) is 0.867. The van der Waals surface area contributed by atoms with Gasteiger partial charge in [0.2, 0.25) is 0 Å². The lowest BCUT2D eigenvalue weighted by atomic mass is 10.1. The molecule has 0 spiro atoms. The van der Waals surface area contributed by atoms with Gasteiger partial charge in [-0.3, -0.25) is 14.5 Å². The molecule has 0 radical (unpaired) electrons. The number of unbranched alkanes of at least 4 members (excludes halogenated alkanes) is 2. The molecule has 0 aliphatic carbocycles. The van der Waals surface area contributed by atoms with Crippen LogP contribution in [0.15, 0.2) is 0 Å². The molecule has 0 atom stereocenters. The molecule has 0 amide bonds. The highest BCUT2D eigenvalue weighted by Crippen LogP contribution is 2.06. The zero-order valence-corrected chi connectivity index (χ0v) is 13.3. The Bertz CT molecular complexity index is 279. The molecule has 0 aromatic rings. The Labute approximate surface area is 122 Å². The summed E-state index contributed by atoms with van der Waals surface area (Å²) < 4.78 is 9.84. The van der Waals surface area contributed by atoms with Crippen LogP contribution in [0.2, 0.25) is 0 Å². The molecule has 0 fully saturated rings. The van der Waals surface area contributed by atoms with Crippen molar-refractivity contribution in [1.82, 2.24) is 4.90 Å². The average Bonchev–Trinajstić information content (AvgIpc) is 2.37. The van der Waals surface area contributed by atoms with Crippen LogP contribution in [-0.4, -0.2) is 49.2 Å². The smallest absolute Gasteiger partial charge is 0.320 e. The molecule has 20 heavy (non-hydrogen) atoms. The van der Waals surface area contributed by atoms with Gasteiger partial charge in [0.05, 0.1) is 19.8 Å². The van der Waals surface area contributed by atoms with Crippen LogP contribution in [0.5, 0.6) is 0 Å². The molecule has 0 unspecified atom stereocenters. The first-order valence-corrected chi connectivity index (χ1v) is 7.56. The number of esters is 2. The molecule has 0 aliphatic rings. The van der Waals surface area contributed by atoms with Gasteiger partial charge in [-0.05, 0) is 47.1 Å². The third kappa shape index (κ3) is 9.78. The molecule has 0 saturated carbocycles. The summed E-state index contributed by atoms with van der Waals surface area (Å²) in [5, 5.41) is 0. The van der Waals surface area contributed by atoms with Gasteiger partial charge in [-0.1, -0.05) is 6.42 Å². The van der Waals surface area contributed by atoms with Gasteiger partial charge in [-0.15, -0.1) is 0 Å². The Hall–Kier alpha value is -1.10. The van der Waals surface area contributed by atoms with E-state index in [1.807, 2.05) is 13.8 Å². The van der Waals surface area contributed by atoms with Crippen LogP contribution in [0.3, 0.4) is 0 Å². The van der Waals surface area contributed by atoms with Crippen LogP contribution >= 0.6 is 0 Å². The predicted molar refractivity (Wildman–Crippen MR) is 78.4 cm³/mol. The van der Waals surface area contributed by atoms with Gasteiger partial charge in [0.1, 0.15) is 0 Å². The van der Waals surface area contributed by atoms with E-state index in [4.69, 9.17) is 9.47 Å². The minimum atomic E-state index is -0.173. The van der Waals surface area contributed by atoms with Crippen LogP contribution in [0.4, 0.5) is 0 Å². The molecule has 5 heteroatoms. The maximum Gasteiger partial charge on any atom is 0.320 e. The summed E-state index contributed by atoms with van der Waals surface area (Å²) in [7, 11) is 0. The molecule has 0 heterocycles. The van der Waals surface area contributed by atoms with Gasteiger partial charge < -0.3 is 9.47 Å². The van der Waals surface area contributed by atoms with E-state index in [2.05, 4.69) is 18.7 Å². The van der Waals surface area contributed by atoms with E-state index < -0.39 is 0 Å². The summed E-state index contributed by atoms with van der Waals surface area (Å²) in [5.41, 5.74) is 0. The predicted octanol–water partition coefficient (Wildman–Crippen LogP) is 2.38. The molecule has 0 N–H and O–H groups in total. The van der Waals surface area contributed by atoms with Gasteiger partial charge in [0.15, 0.2) is 0 Å². The van der Waals surface area contributed by atoms with Gasteiger partial charge >= 0.3 is 11.9 Å². The SMILES string of the molecule is CCOC(=O)CCCCCN(CC(=O)OCC)C(C)C. The van der Waals surface area contributed by atoms with Crippen molar-refractivity contribution in [3.05, 3.63) is 0 Å². The van der Waals surface area contributed by atoms with Crippen molar-refractivity contribution < 1.29 is 19.1 Å². The second-order valence-electron chi connectivity index (χ2n) is 4.98. The van der Waals surface area contributed by atoms with Crippen molar-refractivity contribution in [3.63, 3.8) is 0 Å². The molecular weight excluding hydrogens is 258 g/mol. The summed E-state index contributed by atoms with van der Waals surface area (Å²) >= 11 is 0. The molecular formula is C15H29NO4. The highest BCUT2D eigenvalue weighted by molar-refractivity contribution is 5.71. The highest BCUT2D eigenvalue weighted by atomic mass is 16.5. The van der Waals surface area contributed by atoms with Gasteiger partial charge in [-0.25, -0.2) is 0 Å². The lowest BCUT2D eigenvalue weighted by molar-refractivity contribution is -0.145. The molecule has 0 aromatic heterocycles. The van der Waals surface area contributed by atoms with E-state index in [1.54, 1.807) is 0 Å². The summed E-state index contributed by atoms with van der Waals surface area (Å²) in [6, 6.07) is 0.310. The summed E-state index contributed by atoms with van der Waals surface area (Å²) in [6.07, 6.45) is 3.25. The van der Waals surface area contributed by atoms with Gasteiger partial charge in [0, 0.05) is 12.5 Å². The van der Waals surface area contributed by atoms with E-state index in [-0.39, 0.29) is 11.9 Å².